The van der Waals surface area contributed by atoms with Gasteiger partial charge in [0.1, 0.15) is 6.61 Å². The summed E-state index contributed by atoms with van der Waals surface area (Å²) in [4.78, 5) is 6.66. The van der Waals surface area contributed by atoms with Crippen molar-refractivity contribution in [3.8, 4) is 11.1 Å². The molecule has 0 saturated carbocycles. The average molecular weight is 302 g/mol. The maximum Gasteiger partial charge on any atom is 0.216 e. The molecule has 0 amide bonds. The van der Waals surface area contributed by atoms with Crippen LogP contribution in [-0.4, -0.2) is 24.7 Å². The van der Waals surface area contributed by atoms with Gasteiger partial charge in [0.05, 0.1) is 5.54 Å². The normalized spacial score (nSPS) is 22.2. The third-order valence-electron chi connectivity index (χ3n) is 3.62. The first-order chi connectivity index (χ1) is 9.98. The summed E-state index contributed by atoms with van der Waals surface area (Å²) in [5.41, 5.74) is 8.46. The third-order valence-corrected chi connectivity index (χ3v) is 4.81. The molecule has 1 unspecified atom stereocenters. The summed E-state index contributed by atoms with van der Waals surface area (Å²) in [6.45, 7) is 2.53. The lowest BCUT2D eigenvalue weighted by Crippen LogP contribution is -2.57. The van der Waals surface area contributed by atoms with Crippen LogP contribution in [0.3, 0.4) is 0 Å². The zero-order valence-electron chi connectivity index (χ0n) is 12.0. The molecule has 1 fully saturated rings. The van der Waals surface area contributed by atoms with Crippen molar-refractivity contribution in [2.24, 2.45) is 0 Å². The molecule has 1 saturated heterocycles. The van der Waals surface area contributed by atoms with Gasteiger partial charge in [-0.15, -0.1) is 11.3 Å². The Balaban J connectivity index is 1.90. The van der Waals surface area contributed by atoms with E-state index in [1.54, 1.807) is 18.4 Å². The van der Waals surface area contributed by atoms with Crippen LogP contribution in [0, 0.1) is 5.41 Å². The zero-order valence-corrected chi connectivity index (χ0v) is 12.8. The zero-order chi connectivity index (χ0) is 15.0. The van der Waals surface area contributed by atoms with Crippen LogP contribution in [-0.2, 0) is 10.4 Å². The van der Waals surface area contributed by atoms with Gasteiger partial charge in [0.2, 0.25) is 5.96 Å². The van der Waals surface area contributed by atoms with E-state index in [0.29, 0.717) is 6.61 Å². The average Bonchev–Trinajstić information content (AvgIpc) is 2.94. The fraction of sp³-hybridized carbons (Fsp3) is 0.267. The predicted molar refractivity (Wildman–Crippen MR) is 86.1 cm³/mol. The van der Waals surface area contributed by atoms with Crippen molar-refractivity contribution in [3.63, 3.8) is 0 Å². The first-order valence-corrected chi connectivity index (χ1v) is 7.54. The summed E-state index contributed by atoms with van der Waals surface area (Å²) in [5, 5.41) is 14.6. The number of benzene rings is 1. The molecule has 21 heavy (non-hydrogen) atoms. The van der Waals surface area contributed by atoms with Crippen molar-refractivity contribution in [3.05, 3.63) is 40.6 Å². The maximum absolute atomic E-state index is 7.88. The van der Waals surface area contributed by atoms with Crippen LogP contribution in [0.15, 0.2) is 35.7 Å². The van der Waals surface area contributed by atoms with Crippen LogP contribution in [0.5, 0.6) is 0 Å². The standard InChI is InChI=1S/C15H18N4OS/c1-15(9-20-19(2)14(17)18-15)13-7-11(8-21-13)10-4-3-5-12(16)6-10/h3-8H,9,16H2,1-2H3,(H2,17,18). The number of nitrogens with zero attached hydrogens (tertiary/aromatic N) is 1. The molecule has 0 radical (unpaired) electrons. The lowest BCUT2D eigenvalue weighted by Gasteiger charge is -2.39. The summed E-state index contributed by atoms with van der Waals surface area (Å²) in [7, 11) is 1.72. The van der Waals surface area contributed by atoms with Gasteiger partial charge in [0.15, 0.2) is 0 Å². The Hall–Kier alpha value is -2.05. The molecule has 0 spiro atoms. The highest BCUT2D eigenvalue weighted by Gasteiger charge is 2.35. The van der Waals surface area contributed by atoms with Crippen molar-refractivity contribution in [1.82, 2.24) is 10.4 Å². The molecule has 4 N–H and O–H groups in total. The minimum Gasteiger partial charge on any atom is -0.399 e. The Morgan fingerprint density at radius 3 is 2.90 bits per heavy atom. The summed E-state index contributed by atoms with van der Waals surface area (Å²) in [5.74, 6) is 0.266. The fourth-order valence-corrected chi connectivity index (χ4v) is 3.32. The maximum atomic E-state index is 7.88. The molecule has 2 aromatic rings. The second kappa shape index (κ2) is 5.05. The van der Waals surface area contributed by atoms with Gasteiger partial charge in [-0.2, -0.15) is 0 Å². The lowest BCUT2D eigenvalue weighted by atomic mass is 9.99. The number of anilines is 1. The molecule has 1 atom stereocenters. The monoisotopic (exact) mass is 302 g/mol. The van der Waals surface area contributed by atoms with E-state index in [1.165, 1.54) is 5.06 Å². The van der Waals surface area contributed by atoms with Gasteiger partial charge < -0.3 is 11.1 Å². The minimum absolute atomic E-state index is 0.266. The highest BCUT2D eigenvalue weighted by molar-refractivity contribution is 7.10. The second-order valence-corrected chi connectivity index (χ2v) is 6.31. The Morgan fingerprint density at radius 2 is 2.19 bits per heavy atom. The Morgan fingerprint density at radius 1 is 1.38 bits per heavy atom. The number of rotatable bonds is 2. The Labute approximate surface area is 127 Å². The molecule has 110 valence electrons. The molecule has 0 aliphatic carbocycles. The van der Waals surface area contributed by atoms with E-state index >= 15 is 0 Å². The summed E-state index contributed by atoms with van der Waals surface area (Å²) in [6.07, 6.45) is 0. The van der Waals surface area contributed by atoms with Crippen LogP contribution in [0.2, 0.25) is 0 Å². The van der Waals surface area contributed by atoms with E-state index in [-0.39, 0.29) is 11.5 Å². The number of guanidine groups is 1. The SMILES string of the molecule is CN1OCC(C)(c2cc(-c3cccc(N)c3)cs2)NC1=N. The number of nitrogens with one attached hydrogen (secondary N) is 2. The molecule has 1 aliphatic heterocycles. The molecule has 6 heteroatoms. The molecular weight excluding hydrogens is 284 g/mol. The summed E-state index contributed by atoms with van der Waals surface area (Å²) in [6, 6.07) is 9.98. The Kier molecular flexibility index (Phi) is 3.35. The first kappa shape index (κ1) is 13.9. The molecule has 3 rings (SSSR count). The van der Waals surface area contributed by atoms with Crippen LogP contribution >= 0.6 is 11.3 Å². The highest BCUT2D eigenvalue weighted by Crippen LogP contribution is 2.34. The van der Waals surface area contributed by atoms with Crippen LogP contribution in [0.25, 0.3) is 11.1 Å². The van der Waals surface area contributed by atoms with E-state index in [9.17, 15) is 0 Å². The van der Waals surface area contributed by atoms with Crippen molar-refractivity contribution in [1.29, 1.82) is 5.41 Å². The van der Waals surface area contributed by atoms with Crippen molar-refractivity contribution in [2.45, 2.75) is 12.5 Å². The first-order valence-electron chi connectivity index (χ1n) is 6.66. The number of thiophene rings is 1. The van der Waals surface area contributed by atoms with Crippen LogP contribution in [0.4, 0.5) is 5.69 Å². The summed E-state index contributed by atoms with van der Waals surface area (Å²) >= 11 is 1.66. The quantitative estimate of drug-likeness (QED) is 0.746. The topological polar surface area (TPSA) is 74.4 Å². The van der Waals surface area contributed by atoms with E-state index in [0.717, 1.165) is 21.7 Å². The predicted octanol–water partition coefficient (Wildman–Crippen LogP) is 2.61. The van der Waals surface area contributed by atoms with Gasteiger partial charge in [-0.05, 0) is 41.6 Å². The van der Waals surface area contributed by atoms with E-state index in [2.05, 4.69) is 16.8 Å². The molecule has 5 nitrogen and oxygen atoms in total. The summed E-state index contributed by atoms with van der Waals surface area (Å²) < 4.78 is 0. The third kappa shape index (κ3) is 2.59. The molecular formula is C15H18N4OS. The van der Waals surface area contributed by atoms with Crippen molar-refractivity contribution >= 4 is 23.0 Å². The largest absolute Gasteiger partial charge is 0.399 e. The van der Waals surface area contributed by atoms with Gasteiger partial charge in [-0.25, -0.2) is 5.06 Å². The lowest BCUT2D eigenvalue weighted by molar-refractivity contribution is -0.126. The fourth-order valence-electron chi connectivity index (χ4n) is 2.29. The van der Waals surface area contributed by atoms with Crippen molar-refractivity contribution in [2.75, 3.05) is 19.4 Å². The van der Waals surface area contributed by atoms with Gasteiger partial charge in [-0.3, -0.25) is 10.2 Å². The minimum atomic E-state index is -0.382. The van der Waals surface area contributed by atoms with Crippen LogP contribution in [0.1, 0.15) is 11.8 Å². The van der Waals surface area contributed by atoms with E-state index in [1.807, 2.05) is 31.2 Å². The molecule has 0 bridgehead atoms. The molecule has 1 aromatic heterocycles. The van der Waals surface area contributed by atoms with Gasteiger partial charge >= 0.3 is 0 Å². The van der Waals surface area contributed by atoms with Crippen molar-refractivity contribution < 1.29 is 4.84 Å². The van der Waals surface area contributed by atoms with Gasteiger partial charge in [-0.1, -0.05) is 12.1 Å². The molecule has 1 aromatic carbocycles. The number of hydrogen-bond acceptors (Lipinski definition) is 4. The highest BCUT2D eigenvalue weighted by atomic mass is 32.1. The number of nitrogens with two attached hydrogens (primary N) is 1. The van der Waals surface area contributed by atoms with E-state index < -0.39 is 0 Å². The number of hydroxylamine groups is 2. The molecule has 1 aliphatic rings. The van der Waals surface area contributed by atoms with E-state index in [4.69, 9.17) is 16.0 Å². The Bertz CT molecular complexity index is 684. The number of hydrogen-bond donors (Lipinski definition) is 3. The smallest absolute Gasteiger partial charge is 0.216 e. The second-order valence-electron chi connectivity index (χ2n) is 5.40. The van der Waals surface area contributed by atoms with Crippen LogP contribution < -0.4 is 11.1 Å². The molecule has 2 heterocycles. The van der Waals surface area contributed by atoms with Gasteiger partial charge in [0, 0.05) is 17.6 Å². The van der Waals surface area contributed by atoms with Gasteiger partial charge in [0.25, 0.3) is 0 Å². The number of nitrogen functional groups attached to an aromatic ring is 1.